The van der Waals surface area contributed by atoms with E-state index in [4.69, 9.17) is 26.8 Å². The van der Waals surface area contributed by atoms with Crippen molar-refractivity contribution in [1.82, 2.24) is 5.43 Å². The number of hydrogen-bond acceptors (Lipinski definition) is 5. The summed E-state index contributed by atoms with van der Waals surface area (Å²) in [6.07, 6.45) is 1.44. The Kier molecular flexibility index (Phi) is 6.25. The number of nitrogens with two attached hydrogens (primary N) is 1. The molecule has 132 valence electrons. The van der Waals surface area contributed by atoms with Crippen molar-refractivity contribution in [2.45, 2.75) is 20.0 Å². The van der Waals surface area contributed by atoms with E-state index in [2.05, 4.69) is 10.5 Å². The van der Waals surface area contributed by atoms with Crippen molar-refractivity contribution in [3.63, 3.8) is 0 Å². The van der Waals surface area contributed by atoms with Gasteiger partial charge in [0, 0.05) is 11.3 Å². The smallest absolute Gasteiger partial charge is 0.271 e. The molecule has 1 amide bonds. The molecule has 0 bridgehead atoms. The van der Waals surface area contributed by atoms with Crippen molar-refractivity contribution in [3.8, 4) is 11.5 Å². The monoisotopic (exact) mass is 361 g/mol. The molecule has 0 spiro atoms. The van der Waals surface area contributed by atoms with E-state index in [-0.39, 0.29) is 12.0 Å². The van der Waals surface area contributed by atoms with Crippen LogP contribution in [0.15, 0.2) is 41.5 Å². The van der Waals surface area contributed by atoms with Crippen LogP contribution >= 0.6 is 11.6 Å². The molecule has 0 aliphatic carbocycles. The van der Waals surface area contributed by atoms with Crippen LogP contribution in [-0.2, 0) is 0 Å². The lowest BCUT2D eigenvalue weighted by Crippen LogP contribution is -2.17. The molecule has 0 fully saturated rings. The van der Waals surface area contributed by atoms with Crippen molar-refractivity contribution >= 4 is 29.4 Å². The molecular formula is C18H20ClN3O3. The van der Waals surface area contributed by atoms with Crippen LogP contribution in [0.1, 0.15) is 29.8 Å². The molecule has 2 rings (SSSR count). The van der Waals surface area contributed by atoms with Crippen LogP contribution < -0.4 is 20.6 Å². The van der Waals surface area contributed by atoms with Gasteiger partial charge in [0.15, 0.2) is 11.5 Å². The number of benzene rings is 2. The average Bonchev–Trinajstić information content (AvgIpc) is 2.57. The van der Waals surface area contributed by atoms with E-state index in [1.54, 1.807) is 36.4 Å². The quantitative estimate of drug-likeness (QED) is 0.468. The first-order valence-corrected chi connectivity index (χ1v) is 8.01. The molecule has 0 aliphatic heterocycles. The van der Waals surface area contributed by atoms with Gasteiger partial charge < -0.3 is 15.2 Å². The van der Waals surface area contributed by atoms with Gasteiger partial charge in [0.2, 0.25) is 0 Å². The lowest BCUT2D eigenvalue weighted by Gasteiger charge is -2.15. The lowest BCUT2D eigenvalue weighted by atomic mass is 10.2. The second kappa shape index (κ2) is 8.39. The summed E-state index contributed by atoms with van der Waals surface area (Å²) < 4.78 is 11.0. The summed E-state index contributed by atoms with van der Waals surface area (Å²) >= 11 is 6.24. The van der Waals surface area contributed by atoms with Gasteiger partial charge in [0.25, 0.3) is 5.91 Å². The van der Waals surface area contributed by atoms with Crippen LogP contribution in [0.3, 0.4) is 0 Å². The SMILES string of the molecule is COc1cc(/C=N\NC(=O)c2ccc(N)cc2)cc(Cl)c1OC(C)C. The molecular weight excluding hydrogens is 342 g/mol. The highest BCUT2D eigenvalue weighted by atomic mass is 35.5. The molecule has 0 saturated heterocycles. The Morgan fingerprint density at radius 1 is 1.28 bits per heavy atom. The Balaban J connectivity index is 2.11. The van der Waals surface area contributed by atoms with E-state index in [0.717, 1.165) is 0 Å². The van der Waals surface area contributed by atoms with Gasteiger partial charge in [-0.05, 0) is 55.8 Å². The number of halogens is 1. The van der Waals surface area contributed by atoms with E-state index < -0.39 is 0 Å². The first-order chi connectivity index (χ1) is 11.9. The van der Waals surface area contributed by atoms with Crippen molar-refractivity contribution in [2.75, 3.05) is 12.8 Å². The number of ether oxygens (including phenoxy) is 2. The molecule has 2 aromatic rings. The topological polar surface area (TPSA) is 85.9 Å². The van der Waals surface area contributed by atoms with Crippen LogP contribution in [0.4, 0.5) is 5.69 Å². The number of carbonyl (C=O) groups excluding carboxylic acids is 1. The zero-order valence-corrected chi connectivity index (χ0v) is 15.0. The number of methoxy groups -OCH3 is 1. The number of rotatable bonds is 6. The maximum absolute atomic E-state index is 12.0. The lowest BCUT2D eigenvalue weighted by molar-refractivity contribution is 0.0955. The minimum Gasteiger partial charge on any atom is -0.493 e. The van der Waals surface area contributed by atoms with Crippen molar-refractivity contribution in [2.24, 2.45) is 5.10 Å². The normalized spacial score (nSPS) is 10.9. The number of hydrazone groups is 1. The Bertz CT molecular complexity index is 774. The molecule has 6 nitrogen and oxygen atoms in total. The van der Waals surface area contributed by atoms with Crippen molar-refractivity contribution in [3.05, 3.63) is 52.5 Å². The zero-order chi connectivity index (χ0) is 18.4. The van der Waals surface area contributed by atoms with Gasteiger partial charge in [-0.2, -0.15) is 5.10 Å². The standard InChI is InChI=1S/C18H20ClN3O3/c1-11(2)25-17-15(19)8-12(9-16(17)24-3)10-21-22-18(23)13-4-6-14(20)7-5-13/h4-11H,20H2,1-3H3,(H,22,23)/b21-10-. The number of nitrogens with one attached hydrogen (secondary N) is 1. The van der Waals surface area contributed by atoms with Gasteiger partial charge in [-0.15, -0.1) is 0 Å². The molecule has 0 saturated carbocycles. The maximum Gasteiger partial charge on any atom is 0.271 e. The van der Waals surface area contributed by atoms with Gasteiger partial charge in [0.05, 0.1) is 24.5 Å². The summed E-state index contributed by atoms with van der Waals surface area (Å²) in [5, 5.41) is 4.34. The summed E-state index contributed by atoms with van der Waals surface area (Å²) in [6, 6.07) is 9.95. The fourth-order valence-corrected chi connectivity index (χ4v) is 2.29. The minimum atomic E-state index is -0.339. The third kappa shape index (κ3) is 5.12. The van der Waals surface area contributed by atoms with Gasteiger partial charge in [-0.1, -0.05) is 11.6 Å². The summed E-state index contributed by atoms with van der Waals surface area (Å²) in [7, 11) is 1.53. The molecule has 25 heavy (non-hydrogen) atoms. The van der Waals surface area contributed by atoms with Gasteiger partial charge >= 0.3 is 0 Å². The Morgan fingerprint density at radius 3 is 2.56 bits per heavy atom. The average molecular weight is 362 g/mol. The third-order valence-electron chi connectivity index (χ3n) is 3.16. The van der Waals surface area contributed by atoms with Crippen LogP contribution in [0.5, 0.6) is 11.5 Å². The van der Waals surface area contributed by atoms with Crippen LogP contribution in [0.25, 0.3) is 0 Å². The van der Waals surface area contributed by atoms with Crippen LogP contribution in [0, 0.1) is 0 Å². The molecule has 2 aromatic carbocycles. The largest absolute Gasteiger partial charge is 0.493 e. The summed E-state index contributed by atoms with van der Waals surface area (Å²) in [5.41, 5.74) is 9.75. The van der Waals surface area contributed by atoms with Crippen LogP contribution in [-0.4, -0.2) is 25.3 Å². The molecule has 7 heteroatoms. The van der Waals surface area contributed by atoms with E-state index >= 15 is 0 Å². The zero-order valence-electron chi connectivity index (χ0n) is 14.2. The predicted molar refractivity (Wildman–Crippen MR) is 99.7 cm³/mol. The molecule has 0 radical (unpaired) electrons. The Hall–Kier alpha value is -2.73. The Morgan fingerprint density at radius 2 is 1.96 bits per heavy atom. The number of nitrogen functional groups attached to an aromatic ring is 1. The number of nitrogens with zero attached hydrogens (tertiary/aromatic N) is 1. The molecule has 0 aromatic heterocycles. The fraction of sp³-hybridized carbons (Fsp3) is 0.222. The van der Waals surface area contributed by atoms with E-state index in [1.807, 2.05) is 13.8 Å². The summed E-state index contributed by atoms with van der Waals surface area (Å²) in [4.78, 5) is 12.0. The fourth-order valence-electron chi connectivity index (χ4n) is 2.03. The molecule has 0 atom stereocenters. The highest BCUT2D eigenvalue weighted by Crippen LogP contribution is 2.36. The van der Waals surface area contributed by atoms with Crippen molar-refractivity contribution < 1.29 is 14.3 Å². The highest BCUT2D eigenvalue weighted by molar-refractivity contribution is 6.32. The van der Waals surface area contributed by atoms with E-state index in [1.165, 1.54) is 13.3 Å². The first-order valence-electron chi connectivity index (χ1n) is 7.64. The molecule has 3 N–H and O–H groups in total. The van der Waals surface area contributed by atoms with Gasteiger partial charge in [-0.25, -0.2) is 5.43 Å². The number of hydrogen-bond donors (Lipinski definition) is 2. The molecule has 0 heterocycles. The number of anilines is 1. The summed E-state index contributed by atoms with van der Waals surface area (Å²) in [5.74, 6) is 0.629. The summed E-state index contributed by atoms with van der Waals surface area (Å²) in [6.45, 7) is 3.80. The number of carbonyl (C=O) groups is 1. The number of amides is 1. The minimum absolute atomic E-state index is 0.0369. The molecule has 0 unspecified atom stereocenters. The third-order valence-corrected chi connectivity index (χ3v) is 3.44. The highest BCUT2D eigenvalue weighted by Gasteiger charge is 2.13. The second-order valence-corrected chi connectivity index (χ2v) is 5.93. The maximum atomic E-state index is 12.0. The first kappa shape index (κ1) is 18.6. The van der Waals surface area contributed by atoms with E-state index in [0.29, 0.717) is 33.3 Å². The second-order valence-electron chi connectivity index (χ2n) is 5.52. The van der Waals surface area contributed by atoms with Gasteiger partial charge in [0.1, 0.15) is 0 Å². The van der Waals surface area contributed by atoms with Crippen molar-refractivity contribution in [1.29, 1.82) is 0 Å². The Labute approximate surface area is 151 Å². The predicted octanol–water partition coefficient (Wildman–Crippen LogP) is 3.48. The van der Waals surface area contributed by atoms with E-state index in [9.17, 15) is 4.79 Å². The van der Waals surface area contributed by atoms with Gasteiger partial charge in [-0.3, -0.25) is 4.79 Å². The molecule has 0 aliphatic rings. The van der Waals surface area contributed by atoms with Crippen LogP contribution in [0.2, 0.25) is 5.02 Å².